The van der Waals surface area contributed by atoms with Crippen molar-refractivity contribution in [2.24, 2.45) is 0 Å². The summed E-state index contributed by atoms with van der Waals surface area (Å²) >= 11 is 0. The highest BCUT2D eigenvalue weighted by Crippen LogP contribution is 2.48. The first kappa shape index (κ1) is 47.4. The van der Waals surface area contributed by atoms with Crippen LogP contribution in [0.1, 0.15) is 158 Å². The third-order valence-corrected chi connectivity index (χ3v) is 13.6. The van der Waals surface area contributed by atoms with E-state index in [4.69, 9.17) is 13.6 Å². The largest absolute Gasteiger partial charge is 0.444 e. The van der Waals surface area contributed by atoms with Crippen LogP contribution in [0.15, 0.2) is 103 Å². The molecule has 322 valence electrons. The third-order valence-electron chi connectivity index (χ3n) is 11.0. The zero-order chi connectivity index (χ0) is 44.8. The van der Waals surface area contributed by atoms with Crippen molar-refractivity contribution in [3.63, 3.8) is 0 Å². The maximum absolute atomic E-state index is 11.4. The van der Waals surface area contributed by atoms with Gasteiger partial charge in [0.25, 0.3) is 8.38 Å². The summed E-state index contributed by atoms with van der Waals surface area (Å²) in [5.41, 5.74) is 8.90. The first-order valence-corrected chi connectivity index (χ1v) is 23.8. The second-order valence-electron chi connectivity index (χ2n) is 22.5. The van der Waals surface area contributed by atoms with Gasteiger partial charge in [-0.1, -0.05) is 185 Å². The fourth-order valence-electron chi connectivity index (χ4n) is 6.99. The van der Waals surface area contributed by atoms with E-state index in [1.54, 1.807) is 0 Å². The van der Waals surface area contributed by atoms with Crippen LogP contribution in [-0.4, -0.2) is 4.89 Å². The van der Waals surface area contributed by atoms with E-state index in [0.29, 0.717) is 0 Å². The molecule has 0 amide bonds. The highest BCUT2D eigenvalue weighted by molar-refractivity contribution is 7.56. The maximum Gasteiger partial charge on any atom is 0.326 e. The smallest absolute Gasteiger partial charge is 0.326 e. The van der Waals surface area contributed by atoms with Gasteiger partial charge in [0.05, 0.1) is 5.30 Å². The van der Waals surface area contributed by atoms with Crippen LogP contribution in [0.3, 0.4) is 0 Å². The van der Waals surface area contributed by atoms with Crippen molar-refractivity contribution < 1.29 is 18.5 Å². The van der Waals surface area contributed by atoms with Gasteiger partial charge >= 0.3 is 8.38 Å². The minimum Gasteiger partial charge on any atom is -0.444 e. The van der Waals surface area contributed by atoms with E-state index in [1.807, 2.05) is 18.2 Å². The molecule has 0 bridgehead atoms. The van der Waals surface area contributed by atoms with Crippen molar-refractivity contribution in [3.8, 4) is 28.4 Å². The van der Waals surface area contributed by atoms with Gasteiger partial charge in [0.15, 0.2) is 0 Å². The molecule has 0 aliphatic carbocycles. The second-order valence-corrected chi connectivity index (χ2v) is 25.2. The first-order chi connectivity index (χ1) is 27.4. The van der Waals surface area contributed by atoms with Crippen molar-refractivity contribution in [3.05, 3.63) is 137 Å². The third kappa shape index (κ3) is 11.6. The Kier molecular flexibility index (Phi) is 13.6. The molecule has 1 N–H and O–H groups in total. The van der Waals surface area contributed by atoms with Crippen molar-refractivity contribution in [1.82, 2.24) is 0 Å². The van der Waals surface area contributed by atoms with Gasteiger partial charge in [-0.15, -0.1) is 0 Å². The molecule has 60 heavy (non-hydrogen) atoms. The van der Waals surface area contributed by atoms with Crippen molar-refractivity contribution >= 4 is 27.4 Å². The highest BCUT2D eigenvalue weighted by Gasteiger charge is 2.30. The summed E-state index contributed by atoms with van der Waals surface area (Å²) in [5, 5.41) is 1.74. The summed E-state index contributed by atoms with van der Waals surface area (Å²) in [5.74, 6) is 2.41. The van der Waals surface area contributed by atoms with E-state index in [0.717, 1.165) is 55.7 Å². The lowest BCUT2D eigenvalue weighted by molar-refractivity contribution is 0.466. The van der Waals surface area contributed by atoms with Crippen LogP contribution < -0.4 is 24.2 Å². The first-order valence-electron chi connectivity index (χ1n) is 21.4. The van der Waals surface area contributed by atoms with Gasteiger partial charge in [-0.3, -0.25) is 0 Å². The van der Waals surface area contributed by atoms with Crippen molar-refractivity contribution in [2.75, 3.05) is 0 Å². The number of hydrogen-bond donors (Lipinski definition) is 1. The lowest BCUT2D eigenvalue weighted by atomic mass is 9.80. The molecule has 5 rings (SSSR count). The molecule has 1 unspecified atom stereocenters. The fourth-order valence-corrected chi connectivity index (χ4v) is 9.16. The summed E-state index contributed by atoms with van der Waals surface area (Å²) in [4.78, 5) is 11.4. The van der Waals surface area contributed by atoms with E-state index in [1.165, 1.54) is 16.7 Å². The minimum absolute atomic E-state index is 0.00446. The van der Waals surface area contributed by atoms with Gasteiger partial charge in [-0.2, -0.15) is 0 Å². The van der Waals surface area contributed by atoms with Crippen LogP contribution in [-0.2, 0) is 32.5 Å². The van der Waals surface area contributed by atoms with Crippen LogP contribution in [0.25, 0.3) is 11.1 Å². The van der Waals surface area contributed by atoms with Crippen molar-refractivity contribution in [1.29, 1.82) is 0 Å². The van der Waals surface area contributed by atoms with E-state index < -0.39 is 16.8 Å². The number of benzene rings is 5. The molecule has 0 heterocycles. The SMILES string of the molecule is CC(C)(C)c1ccc(OP(O)c2ccc(-c3ccc(P(Oc4ccc(C(C)(C)C)cc4C(C)(C)C)Oc4ccc(C(C)(C)C)cc4C(C)(C)C)cc3)cc2)c(C(C)(C)C)c1. The zero-order valence-electron chi connectivity index (χ0n) is 39.9. The molecule has 0 saturated heterocycles. The maximum atomic E-state index is 11.4. The molecule has 0 aliphatic heterocycles. The Labute approximate surface area is 366 Å². The molecule has 0 fully saturated rings. The van der Waals surface area contributed by atoms with Crippen LogP contribution >= 0.6 is 16.8 Å². The Morgan fingerprint density at radius 2 is 0.617 bits per heavy atom. The Morgan fingerprint density at radius 1 is 0.333 bits per heavy atom. The van der Waals surface area contributed by atoms with Gasteiger partial charge in [-0.25, -0.2) is 0 Å². The lowest BCUT2D eigenvalue weighted by Gasteiger charge is -2.30. The standard InChI is InChI=1S/C54H72O4P2/c1-49(2,3)38-23-30-46(43(33-38)52(10,11)12)56-59(55)41-26-19-36(20-27-41)37-21-28-42(29-22-37)60(57-47-31-24-39(50(4,5)6)34-44(47)53(13,14)15)58-48-32-25-40(51(7,8)9)35-45(48)54(16,17)18/h19-35,55H,1-18H3. The molecular formula is C54H72O4P2. The summed E-state index contributed by atoms with van der Waals surface area (Å²) in [6, 6.07) is 36.2. The Bertz CT molecular complexity index is 2170. The quantitative estimate of drug-likeness (QED) is 0.150. The molecule has 5 aromatic rings. The molecule has 1 atom stereocenters. The zero-order valence-corrected chi connectivity index (χ0v) is 41.7. The minimum atomic E-state index is -1.87. The molecule has 0 spiro atoms. The monoisotopic (exact) mass is 846 g/mol. The lowest BCUT2D eigenvalue weighted by Crippen LogP contribution is -2.20. The van der Waals surface area contributed by atoms with E-state index in [9.17, 15) is 4.89 Å². The van der Waals surface area contributed by atoms with E-state index in [2.05, 4.69) is 210 Å². The highest BCUT2D eigenvalue weighted by atomic mass is 31.2. The number of hydrogen-bond acceptors (Lipinski definition) is 4. The summed E-state index contributed by atoms with van der Waals surface area (Å²) in [7, 11) is -3.46. The van der Waals surface area contributed by atoms with Crippen LogP contribution in [0.5, 0.6) is 17.2 Å². The van der Waals surface area contributed by atoms with Gasteiger partial charge in [0, 0.05) is 22.0 Å². The van der Waals surface area contributed by atoms with E-state index in [-0.39, 0.29) is 32.5 Å². The summed E-state index contributed by atoms with van der Waals surface area (Å²) < 4.78 is 20.5. The second kappa shape index (κ2) is 17.2. The van der Waals surface area contributed by atoms with Gasteiger partial charge in [0.1, 0.15) is 17.2 Å². The normalized spacial score (nSPS) is 13.7. The average Bonchev–Trinajstić information content (AvgIpc) is 3.12. The van der Waals surface area contributed by atoms with Crippen LogP contribution in [0.2, 0.25) is 0 Å². The molecule has 5 aromatic carbocycles. The Morgan fingerprint density at radius 3 is 0.900 bits per heavy atom. The molecule has 4 nitrogen and oxygen atoms in total. The van der Waals surface area contributed by atoms with Crippen LogP contribution in [0.4, 0.5) is 0 Å². The summed E-state index contributed by atoms with van der Waals surface area (Å²) in [6.07, 6.45) is 0. The van der Waals surface area contributed by atoms with Gasteiger partial charge in [-0.05, 0) is 103 Å². The molecule has 0 aromatic heterocycles. The Hall–Kier alpha value is -3.68. The number of rotatable bonds is 9. The molecule has 0 saturated carbocycles. The molecule has 0 aliphatic rings. The molecule has 6 heteroatoms. The predicted octanol–water partition coefficient (Wildman–Crippen LogP) is 15.2. The van der Waals surface area contributed by atoms with Crippen molar-refractivity contribution in [2.45, 2.75) is 157 Å². The molecular weight excluding hydrogens is 775 g/mol. The molecule has 0 radical (unpaired) electrons. The van der Waals surface area contributed by atoms with Crippen LogP contribution in [0, 0.1) is 0 Å². The summed E-state index contributed by atoms with van der Waals surface area (Å²) in [6.45, 7) is 40.2. The fraction of sp³-hybridized carbons (Fsp3) is 0.444. The predicted molar refractivity (Wildman–Crippen MR) is 261 cm³/mol. The average molecular weight is 847 g/mol. The topological polar surface area (TPSA) is 47.9 Å². The van der Waals surface area contributed by atoms with Gasteiger partial charge < -0.3 is 18.5 Å². The Balaban J connectivity index is 1.48. The van der Waals surface area contributed by atoms with Gasteiger partial charge in [0.2, 0.25) is 0 Å². The van der Waals surface area contributed by atoms with E-state index >= 15 is 0 Å².